The minimum atomic E-state index is -0.439. The summed E-state index contributed by atoms with van der Waals surface area (Å²) in [6.45, 7) is 2.86. The van der Waals surface area contributed by atoms with Crippen molar-refractivity contribution in [2.75, 3.05) is 19.7 Å². The molecule has 130 valence electrons. The van der Waals surface area contributed by atoms with E-state index in [0.29, 0.717) is 23.5 Å². The maximum Gasteiger partial charge on any atom is 0.271 e. The highest BCUT2D eigenvalue weighted by Gasteiger charge is 2.12. The maximum atomic E-state index is 10.7. The summed E-state index contributed by atoms with van der Waals surface area (Å²) in [6.07, 6.45) is 6.22. The van der Waals surface area contributed by atoms with E-state index >= 15 is 0 Å². The minimum absolute atomic E-state index is 0. The molecule has 1 saturated heterocycles. The molecule has 1 unspecified atom stereocenters. The third kappa shape index (κ3) is 4.75. The number of hydrogen-bond donors (Lipinski definition) is 1. The summed E-state index contributed by atoms with van der Waals surface area (Å²) in [4.78, 5) is 18.8. The third-order valence-electron chi connectivity index (χ3n) is 4.12. The van der Waals surface area contributed by atoms with Gasteiger partial charge in [-0.25, -0.2) is 9.97 Å². The van der Waals surface area contributed by atoms with E-state index in [1.54, 1.807) is 6.07 Å². The molecule has 8 heteroatoms. The Kier molecular flexibility index (Phi) is 6.69. The van der Waals surface area contributed by atoms with Crippen molar-refractivity contribution in [2.45, 2.75) is 25.7 Å². The zero-order chi connectivity index (χ0) is 16.1. The fourth-order valence-corrected chi connectivity index (χ4v) is 2.88. The number of halogens is 1. The Morgan fingerprint density at radius 2 is 2.25 bits per heavy atom. The van der Waals surface area contributed by atoms with Crippen LogP contribution in [-0.4, -0.2) is 34.6 Å². The second kappa shape index (κ2) is 8.75. The molecule has 1 N–H and O–H groups in total. The molecule has 24 heavy (non-hydrogen) atoms. The number of non-ortho nitro benzene ring substituents is 1. The number of nitro benzene ring substituents is 1. The normalized spacial score (nSPS) is 17.2. The van der Waals surface area contributed by atoms with E-state index in [-0.39, 0.29) is 18.1 Å². The first kappa shape index (κ1) is 18.4. The maximum absolute atomic E-state index is 10.7. The van der Waals surface area contributed by atoms with Gasteiger partial charge in [0, 0.05) is 12.1 Å². The van der Waals surface area contributed by atoms with Gasteiger partial charge in [0.1, 0.15) is 0 Å². The molecule has 0 amide bonds. The molecule has 1 aliphatic heterocycles. The van der Waals surface area contributed by atoms with Crippen LogP contribution in [0.4, 0.5) is 5.69 Å². The molecule has 2 aromatic rings. The first-order valence-electron chi connectivity index (χ1n) is 7.97. The van der Waals surface area contributed by atoms with Gasteiger partial charge in [-0.1, -0.05) is 0 Å². The van der Waals surface area contributed by atoms with Crippen LogP contribution in [0.3, 0.4) is 0 Å². The van der Waals surface area contributed by atoms with Crippen LogP contribution in [0, 0.1) is 16.0 Å². The van der Waals surface area contributed by atoms with Crippen LogP contribution >= 0.6 is 12.4 Å². The second-order valence-electron chi connectivity index (χ2n) is 5.84. The Bertz CT molecular complexity index is 692. The number of nitro groups is 1. The van der Waals surface area contributed by atoms with Crippen molar-refractivity contribution in [1.82, 2.24) is 15.3 Å². The predicted molar refractivity (Wildman–Crippen MR) is 93.8 cm³/mol. The summed E-state index contributed by atoms with van der Waals surface area (Å²) in [6, 6.07) is 4.44. The highest BCUT2D eigenvalue weighted by atomic mass is 35.5. The first-order valence-corrected chi connectivity index (χ1v) is 7.97. The van der Waals surface area contributed by atoms with E-state index in [0.717, 1.165) is 31.8 Å². The van der Waals surface area contributed by atoms with Gasteiger partial charge in [0.25, 0.3) is 5.69 Å². The van der Waals surface area contributed by atoms with Gasteiger partial charge in [-0.3, -0.25) is 10.1 Å². The van der Waals surface area contributed by atoms with Crippen LogP contribution in [0.1, 0.15) is 25.7 Å². The van der Waals surface area contributed by atoms with Gasteiger partial charge >= 0.3 is 0 Å². The molecule has 0 bridgehead atoms. The van der Waals surface area contributed by atoms with Crippen molar-refractivity contribution in [3.05, 3.63) is 34.5 Å². The van der Waals surface area contributed by atoms with Gasteiger partial charge in [-0.15, -0.1) is 12.4 Å². The number of piperidine rings is 1. The Morgan fingerprint density at radius 1 is 1.38 bits per heavy atom. The average molecular weight is 353 g/mol. The molecule has 7 nitrogen and oxygen atoms in total. The minimum Gasteiger partial charge on any atom is -0.477 e. The lowest BCUT2D eigenvalue weighted by molar-refractivity contribution is -0.384. The first-order chi connectivity index (χ1) is 11.2. The van der Waals surface area contributed by atoms with Gasteiger partial charge in [-0.2, -0.15) is 0 Å². The molecule has 1 aromatic carbocycles. The summed E-state index contributed by atoms with van der Waals surface area (Å²) >= 11 is 0. The Hall–Kier alpha value is -1.99. The Balaban J connectivity index is 0.00000208. The standard InChI is InChI=1S/C16H20N4O3.ClH/c21-20(22)13-5-6-14-15(9-13)18-11-16(19-14)23-8-2-4-12-3-1-7-17-10-12;/h5-6,9,11-12,17H,1-4,7-8,10H2;1H. The average Bonchev–Trinajstić information content (AvgIpc) is 2.59. The molecule has 0 radical (unpaired) electrons. The lowest BCUT2D eigenvalue weighted by Crippen LogP contribution is -2.29. The zero-order valence-corrected chi connectivity index (χ0v) is 14.1. The molecule has 1 atom stereocenters. The summed E-state index contributed by atoms with van der Waals surface area (Å²) in [5.74, 6) is 1.21. The molecular weight excluding hydrogens is 332 g/mol. The van der Waals surface area contributed by atoms with Crippen molar-refractivity contribution < 1.29 is 9.66 Å². The van der Waals surface area contributed by atoms with E-state index < -0.39 is 4.92 Å². The summed E-state index contributed by atoms with van der Waals surface area (Å²) in [5.41, 5.74) is 1.12. The molecule has 0 spiro atoms. The smallest absolute Gasteiger partial charge is 0.271 e. The quantitative estimate of drug-likeness (QED) is 0.488. The molecule has 2 heterocycles. The molecular formula is C16H21ClN4O3. The monoisotopic (exact) mass is 352 g/mol. The molecule has 1 aliphatic rings. The van der Waals surface area contributed by atoms with Gasteiger partial charge < -0.3 is 10.1 Å². The Morgan fingerprint density at radius 3 is 3.00 bits per heavy atom. The van der Waals surface area contributed by atoms with Crippen molar-refractivity contribution >= 4 is 29.1 Å². The van der Waals surface area contributed by atoms with Crippen LogP contribution in [-0.2, 0) is 0 Å². The van der Waals surface area contributed by atoms with Crippen molar-refractivity contribution in [3.8, 4) is 5.88 Å². The van der Waals surface area contributed by atoms with Gasteiger partial charge in [-0.05, 0) is 50.8 Å². The van der Waals surface area contributed by atoms with Crippen molar-refractivity contribution in [3.63, 3.8) is 0 Å². The third-order valence-corrected chi connectivity index (χ3v) is 4.12. The Labute approximate surface area is 146 Å². The van der Waals surface area contributed by atoms with Crippen LogP contribution in [0.25, 0.3) is 11.0 Å². The number of ether oxygens (including phenoxy) is 1. The predicted octanol–water partition coefficient (Wildman–Crippen LogP) is 3.12. The SMILES string of the molecule is Cl.O=[N+]([O-])c1ccc2nc(OCCCC3CCCNC3)cnc2c1. The van der Waals surface area contributed by atoms with Gasteiger partial charge in [0.05, 0.1) is 28.8 Å². The largest absolute Gasteiger partial charge is 0.477 e. The number of nitrogens with one attached hydrogen (secondary N) is 1. The van der Waals surface area contributed by atoms with E-state index in [1.165, 1.54) is 31.2 Å². The summed E-state index contributed by atoms with van der Waals surface area (Å²) < 4.78 is 5.65. The number of aromatic nitrogens is 2. The molecule has 1 aromatic heterocycles. The molecule has 1 fully saturated rings. The van der Waals surface area contributed by atoms with E-state index in [2.05, 4.69) is 15.3 Å². The number of rotatable bonds is 6. The highest BCUT2D eigenvalue weighted by molar-refractivity contribution is 5.85. The van der Waals surface area contributed by atoms with Crippen molar-refractivity contribution in [2.24, 2.45) is 5.92 Å². The van der Waals surface area contributed by atoms with Crippen LogP contribution in [0.15, 0.2) is 24.4 Å². The lowest BCUT2D eigenvalue weighted by Gasteiger charge is -2.22. The van der Waals surface area contributed by atoms with Crippen LogP contribution in [0.5, 0.6) is 5.88 Å². The van der Waals surface area contributed by atoms with E-state index in [4.69, 9.17) is 4.74 Å². The highest BCUT2D eigenvalue weighted by Crippen LogP contribution is 2.20. The zero-order valence-electron chi connectivity index (χ0n) is 13.3. The number of nitrogens with zero attached hydrogens (tertiary/aromatic N) is 3. The summed E-state index contributed by atoms with van der Waals surface area (Å²) in [7, 11) is 0. The van der Waals surface area contributed by atoms with Gasteiger partial charge in [0.15, 0.2) is 0 Å². The molecule has 0 aliphatic carbocycles. The molecule has 0 saturated carbocycles. The van der Waals surface area contributed by atoms with E-state index in [9.17, 15) is 10.1 Å². The number of hydrogen-bond acceptors (Lipinski definition) is 6. The van der Waals surface area contributed by atoms with Gasteiger partial charge in [0.2, 0.25) is 5.88 Å². The second-order valence-corrected chi connectivity index (χ2v) is 5.84. The number of benzene rings is 1. The topological polar surface area (TPSA) is 90.2 Å². The lowest BCUT2D eigenvalue weighted by atomic mass is 9.95. The van der Waals surface area contributed by atoms with Crippen LogP contribution in [0.2, 0.25) is 0 Å². The fourth-order valence-electron chi connectivity index (χ4n) is 2.88. The van der Waals surface area contributed by atoms with Crippen molar-refractivity contribution in [1.29, 1.82) is 0 Å². The fraction of sp³-hybridized carbons (Fsp3) is 0.500. The number of fused-ring (bicyclic) bond motifs is 1. The summed E-state index contributed by atoms with van der Waals surface area (Å²) in [5, 5.41) is 14.2. The van der Waals surface area contributed by atoms with E-state index in [1.807, 2.05) is 0 Å². The van der Waals surface area contributed by atoms with Crippen LogP contribution < -0.4 is 10.1 Å². The molecule has 3 rings (SSSR count).